The first-order valence-corrected chi connectivity index (χ1v) is 16.4. The quantitative estimate of drug-likeness (QED) is 0.159. The van der Waals surface area contributed by atoms with Gasteiger partial charge in [0.25, 0.3) is 5.56 Å². The van der Waals surface area contributed by atoms with E-state index in [1.807, 2.05) is 86.7 Å². The Labute approximate surface area is 278 Å². The van der Waals surface area contributed by atoms with Crippen molar-refractivity contribution in [2.24, 2.45) is 4.99 Å². The number of methoxy groups -OCH3 is 1. The number of esters is 1. The zero-order chi connectivity index (χ0) is 32.2. The van der Waals surface area contributed by atoms with E-state index in [0.29, 0.717) is 52.0 Å². The first-order valence-electron chi connectivity index (χ1n) is 14.8. The third-order valence-electron chi connectivity index (χ3n) is 7.52. The number of aromatic nitrogens is 1. The monoisotopic (exact) mass is 698 g/mol. The lowest BCUT2D eigenvalue weighted by Crippen LogP contribution is -2.39. The Morgan fingerprint density at radius 3 is 2.43 bits per heavy atom. The molecule has 1 atom stereocenters. The van der Waals surface area contributed by atoms with E-state index in [0.717, 1.165) is 26.4 Å². The second kappa shape index (κ2) is 13.8. The van der Waals surface area contributed by atoms with Gasteiger partial charge in [0.15, 0.2) is 16.3 Å². The number of halogens is 1. The number of carbonyl (C=O) groups is 1. The topological polar surface area (TPSA) is 88.4 Å². The zero-order valence-corrected chi connectivity index (χ0v) is 27.9. The summed E-state index contributed by atoms with van der Waals surface area (Å²) < 4.78 is 26.1. The Morgan fingerprint density at radius 2 is 1.67 bits per heavy atom. The summed E-state index contributed by atoms with van der Waals surface area (Å²) >= 11 is 4.73. The van der Waals surface area contributed by atoms with Gasteiger partial charge in [-0.3, -0.25) is 9.36 Å². The minimum absolute atomic E-state index is 0.233. The third kappa shape index (κ3) is 6.23. The number of thiazole rings is 1. The molecule has 0 N–H and O–H groups in total. The highest BCUT2D eigenvalue weighted by atomic mass is 79.9. The zero-order valence-electron chi connectivity index (χ0n) is 25.5. The van der Waals surface area contributed by atoms with Gasteiger partial charge in [-0.1, -0.05) is 75.8 Å². The Balaban J connectivity index is 1.50. The standard InChI is InChI=1S/C36H31BrN2O6S/c1-4-43-30-17-13-24(18-31(30)44-5-2)33-28(35(41)42-3)20-38-36-39(33)34(40)32(46-36)19-27-26-9-7-6-8-23(26)12-16-29(27)45-21-22-10-14-25(37)15-11-22/h6-20,33H,4-5,21H2,1-3H3/b32-19+/t33-/m1/s1. The Morgan fingerprint density at radius 1 is 0.935 bits per heavy atom. The van der Waals surface area contributed by atoms with Crippen molar-refractivity contribution in [2.45, 2.75) is 26.5 Å². The molecule has 234 valence electrons. The highest BCUT2D eigenvalue weighted by Gasteiger charge is 2.31. The molecular formula is C36H31BrN2O6S. The van der Waals surface area contributed by atoms with Gasteiger partial charge in [-0.15, -0.1) is 0 Å². The fourth-order valence-electron chi connectivity index (χ4n) is 5.41. The van der Waals surface area contributed by atoms with E-state index < -0.39 is 12.0 Å². The number of ether oxygens (including phenoxy) is 4. The molecule has 0 aliphatic carbocycles. The molecule has 0 radical (unpaired) electrons. The van der Waals surface area contributed by atoms with Gasteiger partial charge in [0.1, 0.15) is 12.4 Å². The number of hydrogen-bond acceptors (Lipinski definition) is 8. The van der Waals surface area contributed by atoms with Crippen molar-refractivity contribution in [3.8, 4) is 17.2 Å². The minimum atomic E-state index is -0.790. The predicted octanol–water partition coefficient (Wildman–Crippen LogP) is 6.31. The van der Waals surface area contributed by atoms with Crippen LogP contribution < -0.4 is 29.1 Å². The molecule has 46 heavy (non-hydrogen) atoms. The molecule has 0 amide bonds. The number of hydrogen-bond donors (Lipinski definition) is 0. The van der Waals surface area contributed by atoms with Gasteiger partial charge >= 0.3 is 5.97 Å². The molecule has 2 heterocycles. The van der Waals surface area contributed by atoms with Crippen LogP contribution in [0, 0.1) is 0 Å². The van der Waals surface area contributed by atoms with E-state index in [1.54, 1.807) is 16.7 Å². The van der Waals surface area contributed by atoms with Crippen LogP contribution in [0.1, 0.15) is 36.6 Å². The lowest BCUT2D eigenvalue weighted by atomic mass is 9.97. The maximum absolute atomic E-state index is 14.3. The van der Waals surface area contributed by atoms with Gasteiger partial charge in [0.05, 0.1) is 36.5 Å². The van der Waals surface area contributed by atoms with E-state index in [1.165, 1.54) is 24.6 Å². The van der Waals surface area contributed by atoms with Crippen LogP contribution in [0.4, 0.5) is 0 Å². The van der Waals surface area contributed by atoms with Crippen LogP contribution in [0.2, 0.25) is 0 Å². The predicted molar refractivity (Wildman–Crippen MR) is 182 cm³/mol. The van der Waals surface area contributed by atoms with Crippen LogP contribution in [0.25, 0.3) is 16.8 Å². The summed E-state index contributed by atoms with van der Waals surface area (Å²) in [7, 11) is 1.31. The number of benzene rings is 4. The lowest BCUT2D eigenvalue weighted by molar-refractivity contribution is -0.136. The Bertz CT molecular complexity index is 2140. The molecule has 4 aromatic carbocycles. The van der Waals surface area contributed by atoms with Crippen molar-refractivity contribution >= 4 is 50.1 Å². The number of carbonyl (C=O) groups excluding carboxylic acids is 1. The van der Waals surface area contributed by atoms with Crippen molar-refractivity contribution in [1.82, 2.24) is 4.57 Å². The van der Waals surface area contributed by atoms with E-state index >= 15 is 0 Å². The summed E-state index contributed by atoms with van der Waals surface area (Å²) in [4.78, 5) is 32.3. The van der Waals surface area contributed by atoms with Gasteiger partial charge in [-0.25, -0.2) is 9.79 Å². The van der Waals surface area contributed by atoms with E-state index in [2.05, 4.69) is 20.9 Å². The SMILES string of the molecule is CCOc1ccc([C@@H]2C(C(=O)OC)=CN=c3s/c(=C/c4c(OCc5ccc(Br)cc5)ccc5ccccc45)c(=O)n32)cc1OCC. The van der Waals surface area contributed by atoms with Crippen molar-refractivity contribution < 1.29 is 23.7 Å². The maximum atomic E-state index is 14.3. The third-order valence-corrected chi connectivity index (χ3v) is 9.05. The molecule has 0 spiro atoms. The highest BCUT2D eigenvalue weighted by molar-refractivity contribution is 9.10. The fourth-order valence-corrected chi connectivity index (χ4v) is 6.63. The summed E-state index contributed by atoms with van der Waals surface area (Å²) in [5, 5.41) is 1.96. The summed E-state index contributed by atoms with van der Waals surface area (Å²) in [5.41, 5.74) is 2.40. The summed E-state index contributed by atoms with van der Waals surface area (Å²) in [6.45, 7) is 5.02. The van der Waals surface area contributed by atoms with E-state index in [9.17, 15) is 9.59 Å². The molecule has 0 bridgehead atoms. The van der Waals surface area contributed by atoms with Crippen molar-refractivity contribution in [1.29, 1.82) is 0 Å². The van der Waals surface area contributed by atoms with Crippen molar-refractivity contribution in [3.05, 3.63) is 131 Å². The Hall–Kier alpha value is -4.67. The van der Waals surface area contributed by atoms with Crippen LogP contribution >= 0.6 is 27.3 Å². The molecule has 5 aromatic rings. The smallest absolute Gasteiger partial charge is 0.337 e. The molecule has 0 fully saturated rings. The average Bonchev–Trinajstić information content (AvgIpc) is 3.39. The summed E-state index contributed by atoms with van der Waals surface area (Å²) in [6.07, 6.45) is 3.33. The number of rotatable bonds is 10. The van der Waals surface area contributed by atoms with Gasteiger partial charge in [-0.2, -0.15) is 0 Å². The highest BCUT2D eigenvalue weighted by Crippen LogP contribution is 2.35. The molecule has 1 aliphatic heterocycles. The van der Waals surface area contributed by atoms with Gasteiger partial charge in [0.2, 0.25) is 0 Å². The number of fused-ring (bicyclic) bond motifs is 2. The number of nitrogens with zero attached hydrogens (tertiary/aromatic N) is 2. The Kier molecular flexibility index (Phi) is 9.37. The van der Waals surface area contributed by atoms with Gasteiger partial charge < -0.3 is 18.9 Å². The molecule has 1 aliphatic rings. The maximum Gasteiger partial charge on any atom is 0.337 e. The first-order chi connectivity index (χ1) is 22.4. The van der Waals surface area contributed by atoms with Gasteiger partial charge in [0, 0.05) is 16.2 Å². The normalized spacial score (nSPS) is 14.3. The second-order valence-electron chi connectivity index (χ2n) is 10.4. The average molecular weight is 700 g/mol. The first kappa shape index (κ1) is 31.3. The van der Waals surface area contributed by atoms with E-state index in [-0.39, 0.29) is 11.1 Å². The van der Waals surface area contributed by atoms with Gasteiger partial charge in [-0.05, 0) is 72.2 Å². The molecule has 1 aromatic heterocycles. The molecule has 10 heteroatoms. The van der Waals surface area contributed by atoms with Crippen molar-refractivity contribution in [2.75, 3.05) is 20.3 Å². The van der Waals surface area contributed by atoms with Crippen molar-refractivity contribution in [3.63, 3.8) is 0 Å². The van der Waals surface area contributed by atoms with Crippen LogP contribution in [-0.2, 0) is 16.1 Å². The van der Waals surface area contributed by atoms with Crippen LogP contribution in [-0.4, -0.2) is 30.9 Å². The van der Waals surface area contributed by atoms with Crippen LogP contribution in [0.15, 0.2) is 105 Å². The lowest BCUT2D eigenvalue weighted by Gasteiger charge is -2.23. The molecular weight excluding hydrogens is 668 g/mol. The molecule has 0 saturated heterocycles. The molecule has 6 rings (SSSR count). The van der Waals surface area contributed by atoms with Crippen LogP contribution in [0.3, 0.4) is 0 Å². The van der Waals surface area contributed by atoms with E-state index in [4.69, 9.17) is 18.9 Å². The molecule has 0 saturated carbocycles. The molecule has 8 nitrogen and oxygen atoms in total. The minimum Gasteiger partial charge on any atom is -0.490 e. The largest absolute Gasteiger partial charge is 0.490 e. The summed E-state index contributed by atoms with van der Waals surface area (Å²) in [5.74, 6) is 1.17. The van der Waals surface area contributed by atoms with Crippen LogP contribution in [0.5, 0.6) is 17.2 Å². The second-order valence-corrected chi connectivity index (χ2v) is 12.3. The fraction of sp³-hybridized carbons (Fsp3) is 0.194. The molecule has 0 unspecified atom stereocenters. The summed E-state index contributed by atoms with van der Waals surface area (Å²) in [6, 6.07) is 24.5.